The molecule has 2 amide bonds. The first kappa shape index (κ1) is 25.6. The molecular formula is C28H25F3N2O2S. The molecule has 36 heavy (non-hydrogen) atoms. The quantitative estimate of drug-likeness (QED) is 0.382. The van der Waals surface area contributed by atoms with Gasteiger partial charge in [0.1, 0.15) is 0 Å². The molecule has 0 saturated heterocycles. The second-order valence-electron chi connectivity index (χ2n) is 8.68. The number of carbonyl (C=O) groups excluding carboxylic acids is 2. The van der Waals surface area contributed by atoms with Gasteiger partial charge in [-0.05, 0) is 67.3 Å². The Balaban J connectivity index is 1.45. The molecule has 0 unspecified atom stereocenters. The SMILES string of the molecule is C[C@H](CCc1ccccc1)NC(=O)c1ccc2c(c1)N(C)C(=O)/C(=C/c1ccc(C(F)(F)F)cc1)S2. The number of carbonyl (C=O) groups is 2. The maximum absolute atomic E-state index is 13.0. The molecule has 0 spiro atoms. The minimum absolute atomic E-state index is 0.0271. The second-order valence-corrected chi connectivity index (χ2v) is 9.76. The van der Waals surface area contributed by atoms with Gasteiger partial charge in [0.25, 0.3) is 11.8 Å². The maximum atomic E-state index is 13.0. The van der Waals surface area contributed by atoms with Gasteiger partial charge in [-0.25, -0.2) is 0 Å². The number of aryl methyl sites for hydroxylation is 1. The van der Waals surface area contributed by atoms with Gasteiger partial charge in [-0.2, -0.15) is 13.2 Å². The van der Waals surface area contributed by atoms with Gasteiger partial charge in [0, 0.05) is 23.5 Å². The number of nitrogens with one attached hydrogen (secondary N) is 1. The van der Waals surface area contributed by atoms with Crippen LogP contribution in [0.25, 0.3) is 6.08 Å². The number of rotatable bonds is 6. The highest BCUT2D eigenvalue weighted by molar-refractivity contribution is 8.04. The molecule has 3 aromatic carbocycles. The first-order valence-corrected chi connectivity index (χ1v) is 12.3. The van der Waals surface area contributed by atoms with Crippen molar-refractivity contribution in [3.05, 3.63) is 100.0 Å². The number of alkyl halides is 3. The average Bonchev–Trinajstić information content (AvgIpc) is 2.86. The average molecular weight is 511 g/mol. The van der Waals surface area contributed by atoms with E-state index in [1.54, 1.807) is 31.3 Å². The third-order valence-electron chi connectivity index (χ3n) is 5.94. The second kappa shape index (κ2) is 10.6. The van der Waals surface area contributed by atoms with Gasteiger partial charge >= 0.3 is 6.18 Å². The van der Waals surface area contributed by atoms with E-state index in [2.05, 4.69) is 17.4 Å². The predicted molar refractivity (Wildman–Crippen MR) is 137 cm³/mol. The van der Waals surface area contributed by atoms with E-state index >= 15 is 0 Å². The van der Waals surface area contributed by atoms with E-state index in [4.69, 9.17) is 0 Å². The molecule has 4 nitrogen and oxygen atoms in total. The van der Waals surface area contributed by atoms with E-state index in [1.165, 1.54) is 34.4 Å². The van der Waals surface area contributed by atoms with Crippen LogP contribution >= 0.6 is 11.8 Å². The van der Waals surface area contributed by atoms with Crippen molar-refractivity contribution < 1.29 is 22.8 Å². The molecule has 1 aliphatic rings. The van der Waals surface area contributed by atoms with Gasteiger partial charge < -0.3 is 10.2 Å². The number of anilines is 1. The molecule has 8 heteroatoms. The normalized spacial score (nSPS) is 15.5. The number of thioether (sulfide) groups is 1. The fraction of sp³-hybridized carbons (Fsp3) is 0.214. The standard InChI is InChI=1S/C28H25F3N2O2S/c1-18(8-9-19-6-4-3-5-7-19)32-26(34)21-12-15-24-23(17-21)33(2)27(35)25(36-24)16-20-10-13-22(14-11-20)28(29,30)31/h3-7,10-18H,8-9H2,1-2H3,(H,32,34)/b25-16-/t18-/m1/s1. The van der Waals surface area contributed by atoms with Gasteiger partial charge in [0.2, 0.25) is 0 Å². The highest BCUT2D eigenvalue weighted by Gasteiger charge is 2.30. The summed E-state index contributed by atoms with van der Waals surface area (Å²) in [5.74, 6) is -0.503. The monoisotopic (exact) mass is 510 g/mol. The summed E-state index contributed by atoms with van der Waals surface area (Å²) in [7, 11) is 1.62. The number of nitrogens with zero attached hydrogens (tertiary/aromatic N) is 1. The number of likely N-dealkylation sites (N-methyl/N-ethyl adjacent to an activating group) is 1. The topological polar surface area (TPSA) is 49.4 Å². The summed E-state index contributed by atoms with van der Waals surface area (Å²) >= 11 is 1.23. The summed E-state index contributed by atoms with van der Waals surface area (Å²) in [6.45, 7) is 1.96. The fourth-order valence-corrected chi connectivity index (χ4v) is 4.95. The van der Waals surface area contributed by atoms with Crippen LogP contribution in [-0.2, 0) is 17.4 Å². The van der Waals surface area contributed by atoms with Crippen molar-refractivity contribution >= 4 is 35.3 Å². The van der Waals surface area contributed by atoms with Crippen LogP contribution in [0.1, 0.15) is 40.4 Å². The number of halogens is 3. The zero-order chi connectivity index (χ0) is 25.9. The molecule has 0 aliphatic carbocycles. The van der Waals surface area contributed by atoms with Gasteiger partial charge in [0.05, 0.1) is 16.2 Å². The van der Waals surface area contributed by atoms with Crippen molar-refractivity contribution in [1.29, 1.82) is 0 Å². The van der Waals surface area contributed by atoms with E-state index in [1.807, 2.05) is 25.1 Å². The van der Waals surface area contributed by atoms with Crippen LogP contribution in [0.15, 0.2) is 82.6 Å². The third kappa shape index (κ3) is 5.99. The predicted octanol–water partition coefficient (Wildman–Crippen LogP) is 6.57. The molecule has 1 aliphatic heterocycles. The summed E-state index contributed by atoms with van der Waals surface area (Å²) in [6, 6.07) is 19.9. The van der Waals surface area contributed by atoms with Crippen LogP contribution in [-0.4, -0.2) is 24.9 Å². The smallest absolute Gasteiger partial charge is 0.350 e. The summed E-state index contributed by atoms with van der Waals surface area (Å²) < 4.78 is 38.4. The van der Waals surface area contributed by atoms with Gasteiger partial charge in [-0.15, -0.1) is 0 Å². The van der Waals surface area contributed by atoms with E-state index in [0.29, 0.717) is 21.7 Å². The van der Waals surface area contributed by atoms with E-state index < -0.39 is 11.7 Å². The van der Waals surface area contributed by atoms with Gasteiger partial charge in [-0.3, -0.25) is 9.59 Å². The Bertz CT molecular complexity index is 1290. The lowest BCUT2D eigenvalue weighted by molar-refractivity contribution is -0.137. The maximum Gasteiger partial charge on any atom is 0.416 e. The van der Waals surface area contributed by atoms with Crippen LogP contribution in [0.2, 0.25) is 0 Å². The van der Waals surface area contributed by atoms with Crippen molar-refractivity contribution in [1.82, 2.24) is 5.32 Å². The Hall–Kier alpha value is -3.52. The summed E-state index contributed by atoms with van der Waals surface area (Å²) in [4.78, 5) is 28.4. The highest BCUT2D eigenvalue weighted by Crippen LogP contribution is 2.42. The van der Waals surface area contributed by atoms with Crippen LogP contribution in [0.3, 0.4) is 0 Å². The molecule has 0 saturated carbocycles. The lowest BCUT2D eigenvalue weighted by Gasteiger charge is -2.27. The molecule has 0 aromatic heterocycles. The Morgan fingerprint density at radius 2 is 1.75 bits per heavy atom. The van der Waals surface area contributed by atoms with Crippen molar-refractivity contribution in [3.63, 3.8) is 0 Å². The third-order valence-corrected chi connectivity index (χ3v) is 7.02. The first-order chi connectivity index (χ1) is 17.1. The van der Waals surface area contributed by atoms with E-state index in [-0.39, 0.29) is 17.9 Å². The molecule has 186 valence electrons. The zero-order valence-electron chi connectivity index (χ0n) is 19.8. The molecule has 0 radical (unpaired) electrons. The Morgan fingerprint density at radius 1 is 1.06 bits per heavy atom. The summed E-state index contributed by atoms with van der Waals surface area (Å²) in [6.07, 6.45) is -1.19. The van der Waals surface area contributed by atoms with Crippen molar-refractivity contribution in [2.75, 3.05) is 11.9 Å². The van der Waals surface area contributed by atoms with Crippen LogP contribution in [0.5, 0.6) is 0 Å². The number of amides is 2. The van der Waals surface area contributed by atoms with Crippen molar-refractivity contribution in [2.24, 2.45) is 0 Å². The largest absolute Gasteiger partial charge is 0.416 e. The minimum atomic E-state index is -4.41. The highest BCUT2D eigenvalue weighted by atomic mass is 32.2. The molecule has 0 fully saturated rings. The summed E-state index contributed by atoms with van der Waals surface area (Å²) in [5, 5.41) is 3.02. The van der Waals surface area contributed by atoms with Crippen LogP contribution < -0.4 is 10.2 Å². The Kier molecular flexibility index (Phi) is 7.54. The number of hydrogen-bond donors (Lipinski definition) is 1. The number of benzene rings is 3. The molecule has 0 bridgehead atoms. The van der Waals surface area contributed by atoms with E-state index in [9.17, 15) is 22.8 Å². The Morgan fingerprint density at radius 3 is 2.42 bits per heavy atom. The molecule has 1 N–H and O–H groups in total. The van der Waals surface area contributed by atoms with Crippen molar-refractivity contribution in [3.8, 4) is 0 Å². The van der Waals surface area contributed by atoms with Gasteiger partial charge in [-0.1, -0.05) is 54.2 Å². The molecule has 4 rings (SSSR count). The molecule has 3 aromatic rings. The van der Waals surface area contributed by atoms with Crippen LogP contribution in [0.4, 0.5) is 18.9 Å². The minimum Gasteiger partial charge on any atom is -0.350 e. The molecule has 1 heterocycles. The lowest BCUT2D eigenvalue weighted by Crippen LogP contribution is -2.34. The first-order valence-electron chi connectivity index (χ1n) is 11.5. The fourth-order valence-electron chi connectivity index (χ4n) is 3.86. The lowest BCUT2D eigenvalue weighted by atomic mass is 10.1. The van der Waals surface area contributed by atoms with E-state index in [0.717, 1.165) is 29.9 Å². The molecule has 1 atom stereocenters. The van der Waals surface area contributed by atoms with Gasteiger partial charge in [0.15, 0.2) is 0 Å². The summed E-state index contributed by atoms with van der Waals surface area (Å²) in [5.41, 5.74) is 2.03. The molecular weight excluding hydrogens is 485 g/mol. The van der Waals surface area contributed by atoms with Crippen molar-refractivity contribution in [2.45, 2.75) is 36.9 Å². The van der Waals surface area contributed by atoms with Crippen LogP contribution in [0, 0.1) is 0 Å². The zero-order valence-corrected chi connectivity index (χ0v) is 20.6. The number of fused-ring (bicyclic) bond motifs is 1. The Labute approximate surface area is 212 Å². The number of hydrogen-bond acceptors (Lipinski definition) is 3.